The molecule has 2 rings (SSSR count). The van der Waals surface area contributed by atoms with Crippen molar-refractivity contribution in [2.24, 2.45) is 0 Å². The van der Waals surface area contributed by atoms with Gasteiger partial charge in [0.1, 0.15) is 5.60 Å². The maximum Gasteiger partial charge on any atom is 0.256 e. The fraction of sp³-hybridized carbons (Fsp3) is 0.357. The molecule has 1 unspecified atom stereocenters. The number of rotatable bonds is 2. The molecule has 1 saturated heterocycles. The quantitative estimate of drug-likeness (QED) is 0.789. The lowest BCUT2D eigenvalue weighted by molar-refractivity contribution is -0.133. The standard InChI is InChI=1S/C14H15NO2/c1-3-11-6-4-7-12(10-11)15-13(16)14(2)8-5-9-17-14/h1,4,6-7,10H,5,8-9H2,2H3,(H,15,16). The monoisotopic (exact) mass is 229 g/mol. The molecule has 0 saturated carbocycles. The Kier molecular flexibility index (Phi) is 3.16. The summed E-state index contributed by atoms with van der Waals surface area (Å²) >= 11 is 0. The Balaban J connectivity index is 2.10. The Labute approximate surface area is 101 Å². The van der Waals surface area contributed by atoms with Crippen LogP contribution in [0.4, 0.5) is 5.69 Å². The van der Waals surface area contributed by atoms with E-state index in [0.29, 0.717) is 12.3 Å². The van der Waals surface area contributed by atoms with Gasteiger partial charge < -0.3 is 10.1 Å². The van der Waals surface area contributed by atoms with Crippen molar-refractivity contribution in [3.8, 4) is 12.3 Å². The summed E-state index contributed by atoms with van der Waals surface area (Å²) < 4.78 is 5.48. The van der Waals surface area contributed by atoms with E-state index in [2.05, 4.69) is 11.2 Å². The summed E-state index contributed by atoms with van der Waals surface area (Å²) in [4.78, 5) is 12.0. The Morgan fingerprint density at radius 1 is 1.59 bits per heavy atom. The number of carbonyl (C=O) groups excluding carboxylic acids is 1. The first-order valence-electron chi connectivity index (χ1n) is 5.66. The molecule has 0 aromatic heterocycles. The van der Waals surface area contributed by atoms with Crippen molar-refractivity contribution in [2.75, 3.05) is 11.9 Å². The summed E-state index contributed by atoms with van der Waals surface area (Å²) in [7, 11) is 0. The first kappa shape index (κ1) is 11.7. The molecule has 17 heavy (non-hydrogen) atoms. The van der Waals surface area contributed by atoms with Gasteiger partial charge in [0.25, 0.3) is 5.91 Å². The van der Waals surface area contributed by atoms with Crippen molar-refractivity contribution in [3.63, 3.8) is 0 Å². The van der Waals surface area contributed by atoms with Gasteiger partial charge in [0, 0.05) is 17.9 Å². The number of carbonyl (C=O) groups is 1. The molecule has 3 heteroatoms. The molecule has 1 aliphatic rings. The molecule has 0 radical (unpaired) electrons. The third-order valence-electron chi connectivity index (χ3n) is 2.99. The summed E-state index contributed by atoms with van der Waals surface area (Å²) in [6.45, 7) is 2.47. The molecular weight excluding hydrogens is 214 g/mol. The summed E-state index contributed by atoms with van der Waals surface area (Å²) in [5.74, 6) is 2.43. The average Bonchev–Trinajstić information content (AvgIpc) is 2.78. The van der Waals surface area contributed by atoms with Crippen molar-refractivity contribution in [1.29, 1.82) is 0 Å². The van der Waals surface area contributed by atoms with Crippen molar-refractivity contribution >= 4 is 11.6 Å². The number of benzene rings is 1. The lowest BCUT2D eigenvalue weighted by Crippen LogP contribution is -2.39. The maximum absolute atomic E-state index is 12.0. The summed E-state index contributed by atoms with van der Waals surface area (Å²) in [5, 5.41) is 2.84. The fourth-order valence-corrected chi connectivity index (χ4v) is 1.91. The van der Waals surface area contributed by atoms with E-state index >= 15 is 0 Å². The normalized spacial score (nSPS) is 23.1. The molecule has 1 fully saturated rings. The van der Waals surface area contributed by atoms with E-state index in [1.807, 2.05) is 25.1 Å². The first-order chi connectivity index (χ1) is 8.14. The molecule has 1 aromatic rings. The third kappa shape index (κ3) is 2.48. The van der Waals surface area contributed by atoms with E-state index < -0.39 is 5.60 Å². The Morgan fingerprint density at radius 3 is 3.06 bits per heavy atom. The van der Waals surface area contributed by atoms with Gasteiger partial charge in [-0.15, -0.1) is 6.42 Å². The first-order valence-corrected chi connectivity index (χ1v) is 5.66. The number of amides is 1. The van der Waals surface area contributed by atoms with E-state index in [4.69, 9.17) is 11.2 Å². The van der Waals surface area contributed by atoms with Gasteiger partial charge in [-0.05, 0) is 38.0 Å². The minimum absolute atomic E-state index is 0.107. The van der Waals surface area contributed by atoms with Crippen molar-refractivity contribution in [2.45, 2.75) is 25.4 Å². The molecule has 88 valence electrons. The zero-order chi connectivity index (χ0) is 12.3. The third-order valence-corrected chi connectivity index (χ3v) is 2.99. The molecule has 1 atom stereocenters. The molecule has 1 amide bonds. The minimum atomic E-state index is -0.702. The number of ether oxygens (including phenoxy) is 1. The number of anilines is 1. The highest BCUT2D eigenvalue weighted by Gasteiger charge is 2.37. The second-order valence-electron chi connectivity index (χ2n) is 4.36. The maximum atomic E-state index is 12.0. The van der Waals surface area contributed by atoms with Crippen molar-refractivity contribution in [3.05, 3.63) is 29.8 Å². The molecule has 0 spiro atoms. The second kappa shape index (κ2) is 4.60. The SMILES string of the molecule is C#Cc1cccc(NC(=O)C2(C)CCCO2)c1. The van der Waals surface area contributed by atoms with Crippen molar-refractivity contribution in [1.82, 2.24) is 0 Å². The van der Waals surface area contributed by atoms with Gasteiger partial charge in [-0.25, -0.2) is 0 Å². The zero-order valence-electron chi connectivity index (χ0n) is 9.82. The van der Waals surface area contributed by atoms with Gasteiger partial charge in [0.05, 0.1) is 0 Å². The molecule has 1 aromatic carbocycles. The zero-order valence-corrected chi connectivity index (χ0v) is 9.82. The highest BCUT2D eigenvalue weighted by Crippen LogP contribution is 2.26. The smallest absolute Gasteiger partial charge is 0.256 e. The lowest BCUT2D eigenvalue weighted by atomic mass is 10.0. The summed E-state index contributed by atoms with van der Waals surface area (Å²) in [6, 6.07) is 7.24. The summed E-state index contributed by atoms with van der Waals surface area (Å²) in [5.41, 5.74) is 0.758. The summed E-state index contributed by atoms with van der Waals surface area (Å²) in [6.07, 6.45) is 6.99. The Hall–Kier alpha value is -1.79. The molecule has 0 bridgehead atoms. The van der Waals surface area contributed by atoms with E-state index in [9.17, 15) is 4.79 Å². The Morgan fingerprint density at radius 2 is 2.41 bits per heavy atom. The van der Waals surface area contributed by atoms with Crippen LogP contribution in [0.2, 0.25) is 0 Å². The number of hydrogen-bond acceptors (Lipinski definition) is 2. The van der Waals surface area contributed by atoms with Crippen LogP contribution in [0.5, 0.6) is 0 Å². The predicted octanol–water partition coefficient (Wildman–Crippen LogP) is 2.18. The van der Waals surface area contributed by atoms with Crippen molar-refractivity contribution < 1.29 is 9.53 Å². The minimum Gasteiger partial charge on any atom is -0.365 e. The molecule has 1 aliphatic heterocycles. The van der Waals surface area contributed by atoms with Gasteiger partial charge in [-0.2, -0.15) is 0 Å². The second-order valence-corrected chi connectivity index (χ2v) is 4.36. The molecule has 3 nitrogen and oxygen atoms in total. The average molecular weight is 229 g/mol. The van der Waals surface area contributed by atoms with E-state index in [1.54, 1.807) is 6.07 Å². The van der Waals surface area contributed by atoms with Crippen LogP contribution in [0.15, 0.2) is 24.3 Å². The molecule has 1 N–H and O–H groups in total. The fourth-order valence-electron chi connectivity index (χ4n) is 1.91. The van der Waals surface area contributed by atoms with Gasteiger partial charge in [-0.3, -0.25) is 4.79 Å². The van der Waals surface area contributed by atoms with Gasteiger partial charge in [0.15, 0.2) is 0 Å². The largest absolute Gasteiger partial charge is 0.365 e. The van der Waals surface area contributed by atoms with Crippen LogP contribution < -0.4 is 5.32 Å². The lowest BCUT2D eigenvalue weighted by Gasteiger charge is -2.21. The molecule has 1 heterocycles. The van der Waals surface area contributed by atoms with E-state index in [0.717, 1.165) is 18.4 Å². The topological polar surface area (TPSA) is 38.3 Å². The van der Waals surface area contributed by atoms with Crippen LogP contribution in [0.25, 0.3) is 0 Å². The number of terminal acetylenes is 1. The van der Waals surface area contributed by atoms with Crippen LogP contribution in [0.3, 0.4) is 0 Å². The van der Waals surface area contributed by atoms with Crippen LogP contribution in [-0.4, -0.2) is 18.1 Å². The molecular formula is C14H15NO2. The number of nitrogens with one attached hydrogen (secondary N) is 1. The predicted molar refractivity (Wildman–Crippen MR) is 66.6 cm³/mol. The van der Waals surface area contributed by atoms with Crippen LogP contribution in [0, 0.1) is 12.3 Å². The van der Waals surface area contributed by atoms with Crippen LogP contribution >= 0.6 is 0 Å². The van der Waals surface area contributed by atoms with E-state index in [-0.39, 0.29) is 5.91 Å². The molecule has 0 aliphatic carbocycles. The van der Waals surface area contributed by atoms with E-state index in [1.165, 1.54) is 0 Å². The Bertz CT molecular complexity index is 467. The highest BCUT2D eigenvalue weighted by atomic mass is 16.5. The highest BCUT2D eigenvalue weighted by molar-refractivity contribution is 5.97. The number of hydrogen-bond donors (Lipinski definition) is 1. The van der Waals surface area contributed by atoms with Gasteiger partial charge in [0.2, 0.25) is 0 Å². The van der Waals surface area contributed by atoms with Crippen LogP contribution in [-0.2, 0) is 9.53 Å². The van der Waals surface area contributed by atoms with Crippen LogP contribution in [0.1, 0.15) is 25.3 Å². The van der Waals surface area contributed by atoms with Gasteiger partial charge in [-0.1, -0.05) is 12.0 Å². The van der Waals surface area contributed by atoms with Gasteiger partial charge >= 0.3 is 0 Å².